The van der Waals surface area contributed by atoms with Crippen molar-refractivity contribution in [2.75, 3.05) is 7.11 Å². The van der Waals surface area contributed by atoms with Gasteiger partial charge in [-0.25, -0.2) is 0 Å². The maximum Gasteiger partial charge on any atom is 0.122 e. The summed E-state index contributed by atoms with van der Waals surface area (Å²) in [5, 5.41) is 0. The summed E-state index contributed by atoms with van der Waals surface area (Å²) in [5.74, 6) is 0.920. The molecule has 20 heavy (non-hydrogen) atoms. The van der Waals surface area contributed by atoms with Gasteiger partial charge in [0.15, 0.2) is 0 Å². The van der Waals surface area contributed by atoms with Gasteiger partial charge in [-0.05, 0) is 49.4 Å². The van der Waals surface area contributed by atoms with E-state index in [9.17, 15) is 0 Å². The van der Waals surface area contributed by atoms with Gasteiger partial charge in [-0.1, -0.05) is 42.0 Å². The molecule has 2 rings (SSSR count). The second-order valence-electron chi connectivity index (χ2n) is 5.41. The molecule has 0 saturated carbocycles. The smallest absolute Gasteiger partial charge is 0.122 e. The Kier molecular flexibility index (Phi) is 4.80. The molecule has 0 aliphatic rings. The Morgan fingerprint density at radius 3 is 2.45 bits per heavy atom. The molecule has 0 fully saturated rings. The number of rotatable bonds is 5. The van der Waals surface area contributed by atoms with Crippen molar-refractivity contribution in [3.05, 3.63) is 64.7 Å². The summed E-state index contributed by atoms with van der Waals surface area (Å²) in [6, 6.07) is 14.7. The molecule has 0 radical (unpaired) electrons. The van der Waals surface area contributed by atoms with Crippen LogP contribution in [-0.2, 0) is 12.8 Å². The highest BCUT2D eigenvalue weighted by Crippen LogP contribution is 2.20. The van der Waals surface area contributed by atoms with E-state index >= 15 is 0 Å². The van der Waals surface area contributed by atoms with Crippen molar-refractivity contribution in [1.82, 2.24) is 0 Å². The van der Waals surface area contributed by atoms with E-state index in [2.05, 4.69) is 38.1 Å². The Morgan fingerprint density at radius 2 is 1.70 bits per heavy atom. The molecule has 1 atom stereocenters. The molecule has 0 spiro atoms. The van der Waals surface area contributed by atoms with Crippen LogP contribution in [0.3, 0.4) is 0 Å². The topological polar surface area (TPSA) is 35.2 Å². The highest BCUT2D eigenvalue weighted by molar-refractivity contribution is 5.35. The van der Waals surface area contributed by atoms with Crippen LogP contribution in [0.2, 0.25) is 0 Å². The predicted molar refractivity (Wildman–Crippen MR) is 84.3 cm³/mol. The molecule has 0 bridgehead atoms. The Morgan fingerprint density at radius 1 is 1.00 bits per heavy atom. The van der Waals surface area contributed by atoms with Crippen LogP contribution in [0, 0.1) is 13.8 Å². The van der Waals surface area contributed by atoms with E-state index in [1.165, 1.54) is 22.3 Å². The zero-order valence-corrected chi connectivity index (χ0v) is 12.5. The first-order chi connectivity index (χ1) is 9.60. The zero-order chi connectivity index (χ0) is 14.5. The molecule has 2 aromatic rings. The Bertz CT molecular complexity index is 577. The minimum absolute atomic E-state index is 0.104. The third kappa shape index (κ3) is 3.61. The molecule has 0 saturated heterocycles. The van der Waals surface area contributed by atoms with E-state index in [1.54, 1.807) is 7.11 Å². The minimum Gasteiger partial charge on any atom is -0.496 e. The summed E-state index contributed by atoms with van der Waals surface area (Å²) in [4.78, 5) is 0. The second kappa shape index (κ2) is 6.58. The number of para-hydroxylation sites is 1. The SMILES string of the molecule is COc1ccccc1CC(N)Cc1cc(C)ccc1C. The fourth-order valence-electron chi connectivity index (χ4n) is 2.53. The van der Waals surface area contributed by atoms with E-state index in [1.807, 2.05) is 18.2 Å². The third-order valence-corrected chi connectivity index (χ3v) is 3.66. The van der Waals surface area contributed by atoms with Gasteiger partial charge in [-0.3, -0.25) is 0 Å². The number of hydrogen-bond acceptors (Lipinski definition) is 2. The molecule has 106 valence electrons. The molecule has 2 nitrogen and oxygen atoms in total. The summed E-state index contributed by atoms with van der Waals surface area (Å²) in [6.45, 7) is 4.26. The van der Waals surface area contributed by atoms with Gasteiger partial charge in [0, 0.05) is 6.04 Å². The van der Waals surface area contributed by atoms with Gasteiger partial charge >= 0.3 is 0 Å². The molecule has 0 amide bonds. The highest BCUT2D eigenvalue weighted by Gasteiger charge is 2.10. The van der Waals surface area contributed by atoms with Crippen LogP contribution in [0.1, 0.15) is 22.3 Å². The number of aryl methyl sites for hydroxylation is 2. The summed E-state index contributed by atoms with van der Waals surface area (Å²) >= 11 is 0. The number of hydrogen-bond donors (Lipinski definition) is 1. The van der Waals surface area contributed by atoms with E-state index in [0.29, 0.717) is 0 Å². The average Bonchev–Trinajstić information content (AvgIpc) is 2.43. The summed E-state index contributed by atoms with van der Waals surface area (Å²) in [5.41, 5.74) is 11.4. The average molecular weight is 269 g/mol. The number of ether oxygens (including phenoxy) is 1. The van der Waals surface area contributed by atoms with Gasteiger partial charge in [0.2, 0.25) is 0 Å². The van der Waals surface area contributed by atoms with Gasteiger partial charge in [0.05, 0.1) is 7.11 Å². The van der Waals surface area contributed by atoms with Crippen LogP contribution < -0.4 is 10.5 Å². The van der Waals surface area contributed by atoms with Gasteiger partial charge in [-0.2, -0.15) is 0 Å². The molecular weight excluding hydrogens is 246 g/mol. The number of nitrogens with two attached hydrogens (primary N) is 1. The maximum absolute atomic E-state index is 6.32. The van der Waals surface area contributed by atoms with E-state index in [0.717, 1.165) is 18.6 Å². The monoisotopic (exact) mass is 269 g/mol. The standard InChI is InChI=1S/C18H23NO/c1-13-8-9-14(2)16(10-13)12-17(19)11-15-6-4-5-7-18(15)20-3/h4-10,17H,11-12,19H2,1-3H3. The lowest BCUT2D eigenvalue weighted by Gasteiger charge is -2.16. The van der Waals surface area contributed by atoms with Crippen molar-refractivity contribution in [3.8, 4) is 5.75 Å². The van der Waals surface area contributed by atoms with Crippen LogP contribution in [0.5, 0.6) is 5.75 Å². The molecule has 1 unspecified atom stereocenters. The second-order valence-corrected chi connectivity index (χ2v) is 5.41. The van der Waals surface area contributed by atoms with Crippen LogP contribution in [0.4, 0.5) is 0 Å². The Hall–Kier alpha value is -1.80. The molecule has 0 aromatic heterocycles. The Balaban J connectivity index is 2.09. The molecule has 2 heteroatoms. The molecule has 0 aliphatic heterocycles. The predicted octanol–water partition coefficient (Wildman–Crippen LogP) is 3.42. The first kappa shape index (κ1) is 14.6. The highest BCUT2D eigenvalue weighted by atomic mass is 16.5. The van der Waals surface area contributed by atoms with Crippen molar-refractivity contribution in [1.29, 1.82) is 0 Å². The van der Waals surface area contributed by atoms with Gasteiger partial charge in [0.25, 0.3) is 0 Å². The molecule has 0 aliphatic carbocycles. The third-order valence-electron chi connectivity index (χ3n) is 3.66. The number of methoxy groups -OCH3 is 1. The van der Waals surface area contributed by atoms with E-state index < -0.39 is 0 Å². The molecule has 2 aromatic carbocycles. The van der Waals surface area contributed by atoms with Crippen LogP contribution in [0.25, 0.3) is 0 Å². The zero-order valence-electron chi connectivity index (χ0n) is 12.5. The lowest BCUT2D eigenvalue weighted by Crippen LogP contribution is -2.26. The van der Waals surface area contributed by atoms with Crippen LogP contribution in [-0.4, -0.2) is 13.2 Å². The maximum atomic E-state index is 6.32. The quantitative estimate of drug-likeness (QED) is 0.902. The first-order valence-electron chi connectivity index (χ1n) is 7.03. The van der Waals surface area contributed by atoms with Crippen LogP contribution in [0.15, 0.2) is 42.5 Å². The van der Waals surface area contributed by atoms with Gasteiger partial charge in [-0.15, -0.1) is 0 Å². The van der Waals surface area contributed by atoms with Crippen molar-refractivity contribution >= 4 is 0 Å². The minimum atomic E-state index is 0.104. The largest absolute Gasteiger partial charge is 0.496 e. The Labute approximate surface area is 121 Å². The van der Waals surface area contributed by atoms with Gasteiger partial charge in [0.1, 0.15) is 5.75 Å². The van der Waals surface area contributed by atoms with Gasteiger partial charge < -0.3 is 10.5 Å². The molecular formula is C18H23NO. The molecule has 2 N–H and O–H groups in total. The normalized spacial score (nSPS) is 12.2. The summed E-state index contributed by atoms with van der Waals surface area (Å²) in [6.07, 6.45) is 1.73. The van der Waals surface area contributed by atoms with Crippen LogP contribution >= 0.6 is 0 Å². The number of benzene rings is 2. The first-order valence-corrected chi connectivity index (χ1v) is 7.03. The van der Waals surface area contributed by atoms with Crippen molar-refractivity contribution in [3.63, 3.8) is 0 Å². The lowest BCUT2D eigenvalue weighted by atomic mass is 9.95. The van der Waals surface area contributed by atoms with Crippen molar-refractivity contribution < 1.29 is 4.74 Å². The lowest BCUT2D eigenvalue weighted by molar-refractivity contribution is 0.407. The fraction of sp³-hybridized carbons (Fsp3) is 0.333. The van der Waals surface area contributed by atoms with E-state index in [-0.39, 0.29) is 6.04 Å². The fourth-order valence-corrected chi connectivity index (χ4v) is 2.53. The van der Waals surface area contributed by atoms with Crippen molar-refractivity contribution in [2.24, 2.45) is 5.73 Å². The summed E-state index contributed by atoms with van der Waals surface area (Å²) in [7, 11) is 1.70. The van der Waals surface area contributed by atoms with E-state index in [4.69, 9.17) is 10.5 Å². The molecule has 0 heterocycles. The van der Waals surface area contributed by atoms with Crippen molar-refractivity contribution in [2.45, 2.75) is 32.7 Å². The summed E-state index contributed by atoms with van der Waals surface area (Å²) < 4.78 is 5.38.